The molecule has 3 rings (SSSR count). The van der Waals surface area contributed by atoms with Crippen LogP contribution in [0.25, 0.3) is 0 Å². The second-order valence-electron chi connectivity index (χ2n) is 6.13. The lowest BCUT2D eigenvalue weighted by molar-refractivity contribution is 0.0734. The molecular formula is C21H17BrN2O4S. The molecule has 0 aliphatic rings. The molecule has 6 nitrogen and oxygen atoms in total. The molecule has 0 saturated heterocycles. The van der Waals surface area contributed by atoms with Gasteiger partial charge in [0.2, 0.25) is 0 Å². The van der Waals surface area contributed by atoms with Gasteiger partial charge in [0, 0.05) is 4.47 Å². The van der Waals surface area contributed by atoms with Crippen LogP contribution in [0.5, 0.6) is 5.75 Å². The molecule has 0 aliphatic carbocycles. The Balaban J connectivity index is 1.60. The third-order valence-corrected chi connectivity index (χ3v) is 5.66. The fourth-order valence-corrected chi connectivity index (χ4v) is 3.37. The summed E-state index contributed by atoms with van der Waals surface area (Å²) in [5, 5.41) is 3.78. The summed E-state index contributed by atoms with van der Waals surface area (Å²) >= 11 is 3.26. The molecule has 0 spiro atoms. The van der Waals surface area contributed by atoms with Crippen LogP contribution in [0.15, 0.2) is 87.3 Å². The van der Waals surface area contributed by atoms with Crippen LogP contribution >= 0.6 is 15.9 Å². The van der Waals surface area contributed by atoms with Gasteiger partial charge >= 0.3 is 5.97 Å². The lowest BCUT2D eigenvalue weighted by atomic mass is 10.1. The maximum Gasteiger partial charge on any atom is 0.343 e. The van der Waals surface area contributed by atoms with Crippen molar-refractivity contribution >= 4 is 38.1 Å². The highest BCUT2D eigenvalue weighted by Gasteiger charge is 2.12. The molecule has 1 N–H and O–H groups in total. The highest BCUT2D eigenvalue weighted by Crippen LogP contribution is 2.15. The normalized spacial score (nSPS) is 11.4. The second-order valence-corrected chi connectivity index (χ2v) is 8.71. The van der Waals surface area contributed by atoms with Crippen molar-refractivity contribution in [2.45, 2.75) is 11.8 Å². The highest BCUT2D eigenvalue weighted by molar-refractivity contribution is 9.10. The van der Waals surface area contributed by atoms with Gasteiger partial charge in [-0.2, -0.15) is 13.5 Å². The van der Waals surface area contributed by atoms with E-state index in [2.05, 4.69) is 25.9 Å². The van der Waals surface area contributed by atoms with Gasteiger partial charge in [0.1, 0.15) is 5.75 Å². The van der Waals surface area contributed by atoms with Gasteiger partial charge in [-0.05, 0) is 73.2 Å². The number of hydrogen-bond acceptors (Lipinski definition) is 5. The van der Waals surface area contributed by atoms with E-state index in [-0.39, 0.29) is 4.90 Å². The molecule has 0 aliphatic heterocycles. The van der Waals surface area contributed by atoms with Crippen LogP contribution in [-0.2, 0) is 10.0 Å². The molecule has 148 valence electrons. The number of carbonyl (C=O) groups excluding carboxylic acids is 1. The summed E-state index contributed by atoms with van der Waals surface area (Å²) in [5.41, 5.74) is 2.16. The van der Waals surface area contributed by atoms with Gasteiger partial charge in [0.15, 0.2) is 0 Å². The van der Waals surface area contributed by atoms with Crippen LogP contribution < -0.4 is 9.57 Å². The Morgan fingerprint density at radius 3 is 2.21 bits per heavy atom. The second kappa shape index (κ2) is 9.02. The molecule has 0 unspecified atom stereocenters. The maximum atomic E-state index is 12.2. The number of halogens is 1. The Kier molecular flexibility index (Phi) is 6.46. The number of benzene rings is 3. The van der Waals surface area contributed by atoms with Crippen LogP contribution in [0, 0.1) is 6.92 Å². The number of nitrogens with zero attached hydrogens (tertiary/aromatic N) is 1. The Bertz CT molecular complexity index is 1120. The number of rotatable bonds is 6. The minimum Gasteiger partial charge on any atom is -0.423 e. The van der Waals surface area contributed by atoms with Gasteiger partial charge in [-0.25, -0.2) is 9.63 Å². The SMILES string of the molecule is Cc1ccc(C(=O)Oc2ccc(C=NNS(=O)(=O)c3ccc(Br)cc3)cc2)cc1. The quantitative estimate of drug-likeness (QED) is 0.251. The fourth-order valence-electron chi connectivity index (χ4n) is 2.31. The van der Waals surface area contributed by atoms with E-state index in [4.69, 9.17) is 4.74 Å². The predicted octanol–water partition coefficient (Wildman–Crippen LogP) is 4.29. The van der Waals surface area contributed by atoms with E-state index < -0.39 is 16.0 Å². The van der Waals surface area contributed by atoms with Crippen molar-refractivity contribution in [1.29, 1.82) is 0 Å². The number of sulfonamides is 1. The average molecular weight is 473 g/mol. The van der Waals surface area contributed by atoms with Crippen molar-refractivity contribution < 1.29 is 17.9 Å². The van der Waals surface area contributed by atoms with Gasteiger partial charge in [-0.15, -0.1) is 0 Å². The summed E-state index contributed by atoms with van der Waals surface area (Å²) < 4.78 is 30.4. The van der Waals surface area contributed by atoms with E-state index in [1.54, 1.807) is 48.5 Å². The number of aryl methyl sites for hydroxylation is 1. The van der Waals surface area contributed by atoms with Crippen molar-refractivity contribution in [2.24, 2.45) is 5.10 Å². The van der Waals surface area contributed by atoms with Crippen LogP contribution in [0.1, 0.15) is 21.5 Å². The summed E-state index contributed by atoms with van der Waals surface area (Å²) in [6.45, 7) is 1.94. The van der Waals surface area contributed by atoms with Crippen molar-refractivity contribution in [3.8, 4) is 5.75 Å². The first-order valence-electron chi connectivity index (χ1n) is 8.53. The zero-order chi connectivity index (χ0) is 20.9. The lowest BCUT2D eigenvalue weighted by Gasteiger charge is -2.05. The van der Waals surface area contributed by atoms with E-state index >= 15 is 0 Å². The summed E-state index contributed by atoms with van der Waals surface area (Å²) in [4.78, 5) is 14.4. The highest BCUT2D eigenvalue weighted by atomic mass is 79.9. The number of hydrazone groups is 1. The Labute approximate surface area is 177 Å². The van der Waals surface area contributed by atoms with Crippen LogP contribution in [0.4, 0.5) is 0 Å². The van der Waals surface area contributed by atoms with E-state index in [1.807, 2.05) is 19.1 Å². The molecule has 0 aromatic heterocycles. The molecule has 3 aromatic rings. The van der Waals surface area contributed by atoms with Crippen LogP contribution in [0.2, 0.25) is 0 Å². The van der Waals surface area contributed by atoms with Gasteiger partial charge in [-0.3, -0.25) is 0 Å². The van der Waals surface area contributed by atoms with Gasteiger partial charge in [-0.1, -0.05) is 33.6 Å². The predicted molar refractivity (Wildman–Crippen MR) is 115 cm³/mol. The fraction of sp³-hybridized carbons (Fsp3) is 0.0476. The van der Waals surface area contributed by atoms with Gasteiger partial charge in [0.25, 0.3) is 10.0 Å². The van der Waals surface area contributed by atoms with Crippen molar-refractivity contribution in [1.82, 2.24) is 4.83 Å². The minimum atomic E-state index is -3.74. The molecule has 3 aromatic carbocycles. The number of ether oxygens (including phenoxy) is 1. The molecule has 0 saturated carbocycles. The molecule has 0 radical (unpaired) electrons. The third kappa shape index (κ3) is 5.75. The molecule has 0 bridgehead atoms. The number of carbonyl (C=O) groups is 1. The molecule has 0 amide bonds. The molecule has 0 fully saturated rings. The largest absolute Gasteiger partial charge is 0.423 e. The number of hydrogen-bond donors (Lipinski definition) is 1. The lowest BCUT2D eigenvalue weighted by Crippen LogP contribution is -2.18. The van der Waals surface area contributed by atoms with E-state index in [9.17, 15) is 13.2 Å². The Morgan fingerprint density at radius 2 is 1.59 bits per heavy atom. The van der Waals surface area contributed by atoms with E-state index in [0.29, 0.717) is 16.9 Å². The van der Waals surface area contributed by atoms with Crippen molar-refractivity contribution in [3.63, 3.8) is 0 Å². The van der Waals surface area contributed by atoms with E-state index in [1.165, 1.54) is 18.3 Å². The molecular weight excluding hydrogens is 456 g/mol. The monoisotopic (exact) mass is 472 g/mol. The summed E-state index contributed by atoms with van der Waals surface area (Å²) in [7, 11) is -3.74. The zero-order valence-corrected chi connectivity index (χ0v) is 17.8. The van der Waals surface area contributed by atoms with E-state index in [0.717, 1.165) is 10.0 Å². The van der Waals surface area contributed by atoms with Gasteiger partial charge in [0.05, 0.1) is 16.7 Å². The van der Waals surface area contributed by atoms with Crippen molar-refractivity contribution in [2.75, 3.05) is 0 Å². The number of esters is 1. The Morgan fingerprint density at radius 1 is 0.966 bits per heavy atom. The number of nitrogens with one attached hydrogen (secondary N) is 1. The molecule has 0 heterocycles. The summed E-state index contributed by atoms with van der Waals surface area (Å²) in [6, 6.07) is 19.8. The molecule has 0 atom stereocenters. The summed E-state index contributed by atoms with van der Waals surface area (Å²) in [6.07, 6.45) is 1.36. The van der Waals surface area contributed by atoms with Gasteiger partial charge < -0.3 is 4.74 Å². The molecule has 29 heavy (non-hydrogen) atoms. The Hall–Kier alpha value is -2.97. The molecule has 8 heteroatoms. The average Bonchev–Trinajstić information content (AvgIpc) is 2.70. The standard InChI is InChI=1S/C21H17BrN2O4S/c1-15-2-6-17(7-3-15)21(25)28-19-10-4-16(5-11-19)14-23-24-29(26,27)20-12-8-18(22)9-13-20/h2-14,24H,1H3. The van der Waals surface area contributed by atoms with Crippen LogP contribution in [0.3, 0.4) is 0 Å². The first-order chi connectivity index (χ1) is 13.8. The first kappa shape index (κ1) is 20.8. The van der Waals surface area contributed by atoms with Crippen LogP contribution in [-0.4, -0.2) is 20.6 Å². The zero-order valence-electron chi connectivity index (χ0n) is 15.4. The first-order valence-corrected chi connectivity index (χ1v) is 10.8. The third-order valence-electron chi connectivity index (χ3n) is 3.89. The smallest absolute Gasteiger partial charge is 0.343 e. The minimum absolute atomic E-state index is 0.108. The van der Waals surface area contributed by atoms with Crippen molar-refractivity contribution in [3.05, 3.63) is 94.0 Å². The summed E-state index contributed by atoms with van der Waals surface area (Å²) in [5.74, 6) is -0.0724. The topological polar surface area (TPSA) is 84.8 Å². The maximum absolute atomic E-state index is 12.2.